The Bertz CT molecular complexity index is 1300. The zero-order chi connectivity index (χ0) is 28.8. The number of thioether (sulfide) groups is 1. The van der Waals surface area contributed by atoms with E-state index < -0.39 is 28.7 Å². The molecular weight excluding hydrogens is 618 g/mol. The maximum absolute atomic E-state index is 14.3. The standard InChI is InChI=1S/C29H33BrClN3O5S/c1-4-39-17-11-9-16(10-12-17)32-26(36)22-23-28(38)34(21(14-35)15(2)3)25(29(23)13-18(30)24(22)40-29)27(37)33-20-8-6-5-7-19(20)31/h5-12,15,18,21-25,35H,4,13-14H2,1-3H3,(H,32,36)(H,33,37)/t18?,21-,22-,23-,24-,25?,29?/m0/s1. The molecule has 7 atom stereocenters. The lowest BCUT2D eigenvalue weighted by atomic mass is 9.70. The minimum atomic E-state index is -0.890. The van der Waals surface area contributed by atoms with Crippen molar-refractivity contribution in [1.29, 1.82) is 0 Å². The summed E-state index contributed by atoms with van der Waals surface area (Å²) in [6.45, 7) is 5.97. The Hall–Kier alpha value is -2.27. The highest BCUT2D eigenvalue weighted by Crippen LogP contribution is 2.68. The first-order valence-electron chi connectivity index (χ1n) is 13.5. The molecule has 0 aliphatic carbocycles. The predicted molar refractivity (Wildman–Crippen MR) is 161 cm³/mol. The summed E-state index contributed by atoms with van der Waals surface area (Å²) < 4.78 is 4.66. The van der Waals surface area contributed by atoms with Crippen LogP contribution in [-0.2, 0) is 14.4 Å². The lowest BCUT2D eigenvalue weighted by Gasteiger charge is -2.38. The van der Waals surface area contributed by atoms with Crippen LogP contribution in [0.15, 0.2) is 48.5 Å². The maximum atomic E-state index is 14.3. The molecule has 3 aliphatic rings. The highest BCUT2D eigenvalue weighted by molar-refractivity contribution is 9.09. The number of anilines is 2. The summed E-state index contributed by atoms with van der Waals surface area (Å²) in [6, 6.07) is 12.6. The van der Waals surface area contributed by atoms with Crippen LogP contribution in [-0.4, -0.2) is 67.8 Å². The number of hydrogen-bond donors (Lipinski definition) is 3. The van der Waals surface area contributed by atoms with Gasteiger partial charge in [0.15, 0.2) is 0 Å². The summed E-state index contributed by atoms with van der Waals surface area (Å²) in [5.74, 6) is -1.69. The third kappa shape index (κ3) is 4.91. The van der Waals surface area contributed by atoms with E-state index in [1.807, 2.05) is 20.8 Å². The van der Waals surface area contributed by atoms with E-state index in [1.54, 1.807) is 65.2 Å². The number of ether oxygens (including phenoxy) is 1. The molecule has 5 rings (SSSR count). The van der Waals surface area contributed by atoms with Crippen LogP contribution in [0.1, 0.15) is 27.2 Å². The van der Waals surface area contributed by atoms with E-state index in [1.165, 1.54) is 0 Å². The Labute approximate surface area is 251 Å². The number of halogens is 2. The van der Waals surface area contributed by atoms with Gasteiger partial charge in [-0.25, -0.2) is 0 Å². The molecule has 3 aliphatic heterocycles. The zero-order valence-electron chi connectivity index (χ0n) is 22.5. The smallest absolute Gasteiger partial charge is 0.248 e. The minimum absolute atomic E-state index is 0.0696. The summed E-state index contributed by atoms with van der Waals surface area (Å²) in [6.07, 6.45) is 0.541. The van der Waals surface area contributed by atoms with Crippen LogP contribution in [0.4, 0.5) is 11.4 Å². The molecule has 0 aromatic heterocycles. The van der Waals surface area contributed by atoms with Gasteiger partial charge in [-0.1, -0.05) is 53.5 Å². The number of nitrogens with one attached hydrogen (secondary N) is 2. The van der Waals surface area contributed by atoms with Gasteiger partial charge in [0.25, 0.3) is 0 Å². The van der Waals surface area contributed by atoms with E-state index in [9.17, 15) is 19.5 Å². The number of rotatable bonds is 9. The molecule has 2 aromatic carbocycles. The zero-order valence-corrected chi connectivity index (χ0v) is 25.6. The number of fused-ring (bicyclic) bond motifs is 1. The van der Waals surface area contributed by atoms with Crippen LogP contribution in [0.2, 0.25) is 5.02 Å². The number of aliphatic hydroxyl groups is 1. The Kier molecular flexibility index (Phi) is 8.44. The van der Waals surface area contributed by atoms with Crippen molar-refractivity contribution >= 4 is 68.4 Å². The molecule has 0 radical (unpaired) electrons. The van der Waals surface area contributed by atoms with Crippen LogP contribution in [0, 0.1) is 17.8 Å². The SMILES string of the molecule is CCOc1ccc(NC(=O)[C@H]2[C@H]3C(=O)N([C@@H](CO)C(C)C)C(C(=O)Nc4ccccc4Cl)C34CC(Br)[C@@H]2S4)cc1. The molecule has 214 valence electrons. The fraction of sp³-hybridized carbons (Fsp3) is 0.483. The summed E-state index contributed by atoms with van der Waals surface area (Å²) >= 11 is 11.7. The number of carbonyl (C=O) groups is 3. The fourth-order valence-corrected chi connectivity index (χ4v) is 10.2. The van der Waals surface area contributed by atoms with Gasteiger partial charge in [-0.15, -0.1) is 11.8 Å². The lowest BCUT2D eigenvalue weighted by Crippen LogP contribution is -2.56. The number of para-hydroxylation sites is 1. The van der Waals surface area contributed by atoms with E-state index in [2.05, 4.69) is 26.6 Å². The van der Waals surface area contributed by atoms with Gasteiger partial charge < -0.3 is 25.4 Å². The van der Waals surface area contributed by atoms with Gasteiger partial charge in [-0.3, -0.25) is 14.4 Å². The summed E-state index contributed by atoms with van der Waals surface area (Å²) in [7, 11) is 0. The third-order valence-electron chi connectivity index (χ3n) is 8.16. The van der Waals surface area contributed by atoms with Crippen molar-refractivity contribution in [2.24, 2.45) is 17.8 Å². The minimum Gasteiger partial charge on any atom is -0.494 e. The second kappa shape index (κ2) is 11.5. The highest BCUT2D eigenvalue weighted by atomic mass is 79.9. The van der Waals surface area contributed by atoms with E-state index in [0.717, 1.165) is 0 Å². The van der Waals surface area contributed by atoms with Crippen LogP contribution >= 0.6 is 39.3 Å². The molecule has 2 aromatic rings. The van der Waals surface area contributed by atoms with Crippen LogP contribution in [0.3, 0.4) is 0 Å². The maximum Gasteiger partial charge on any atom is 0.248 e. The van der Waals surface area contributed by atoms with Crippen molar-refractivity contribution in [1.82, 2.24) is 4.90 Å². The van der Waals surface area contributed by atoms with Gasteiger partial charge in [0, 0.05) is 15.8 Å². The van der Waals surface area contributed by atoms with Gasteiger partial charge in [-0.05, 0) is 55.7 Å². The van der Waals surface area contributed by atoms with E-state index in [0.29, 0.717) is 35.2 Å². The molecule has 1 spiro atoms. The van der Waals surface area contributed by atoms with Gasteiger partial charge in [-0.2, -0.15) is 0 Å². The fourth-order valence-electron chi connectivity index (χ4n) is 6.43. The molecule has 3 N–H and O–H groups in total. The Morgan fingerprint density at radius 1 is 1.18 bits per heavy atom. The van der Waals surface area contributed by atoms with E-state index in [-0.39, 0.29) is 40.3 Å². The largest absolute Gasteiger partial charge is 0.494 e. The van der Waals surface area contributed by atoms with Crippen molar-refractivity contribution in [2.75, 3.05) is 23.8 Å². The average Bonchev–Trinajstić information content (AvgIpc) is 3.50. The third-order valence-corrected chi connectivity index (χ3v) is 11.7. The summed E-state index contributed by atoms with van der Waals surface area (Å²) in [5.41, 5.74) is 1.05. The number of alkyl halides is 1. The monoisotopic (exact) mass is 649 g/mol. The Morgan fingerprint density at radius 3 is 2.50 bits per heavy atom. The lowest BCUT2D eigenvalue weighted by molar-refractivity contribution is -0.142. The van der Waals surface area contributed by atoms with Crippen molar-refractivity contribution in [2.45, 2.75) is 54.1 Å². The van der Waals surface area contributed by atoms with Crippen LogP contribution in [0.25, 0.3) is 0 Å². The number of amides is 3. The summed E-state index contributed by atoms with van der Waals surface area (Å²) in [5, 5.41) is 16.5. The first-order valence-corrected chi connectivity index (χ1v) is 15.6. The Balaban J connectivity index is 1.50. The van der Waals surface area contributed by atoms with Gasteiger partial charge in [0.2, 0.25) is 17.7 Å². The molecule has 2 bridgehead atoms. The molecule has 3 unspecified atom stereocenters. The number of benzene rings is 2. The second-order valence-electron chi connectivity index (χ2n) is 10.8. The molecule has 0 saturated carbocycles. The quantitative estimate of drug-likeness (QED) is 0.337. The van der Waals surface area contributed by atoms with Crippen molar-refractivity contribution in [3.05, 3.63) is 53.6 Å². The van der Waals surface area contributed by atoms with Crippen molar-refractivity contribution in [3.63, 3.8) is 0 Å². The van der Waals surface area contributed by atoms with Gasteiger partial charge >= 0.3 is 0 Å². The molecule has 3 saturated heterocycles. The normalized spacial score (nSPS) is 29.4. The van der Waals surface area contributed by atoms with Crippen molar-refractivity contribution in [3.8, 4) is 5.75 Å². The number of nitrogens with zero attached hydrogens (tertiary/aromatic N) is 1. The molecule has 3 amide bonds. The average molecular weight is 651 g/mol. The van der Waals surface area contributed by atoms with Gasteiger partial charge in [0.1, 0.15) is 11.8 Å². The molecular formula is C29H33BrClN3O5S. The van der Waals surface area contributed by atoms with Crippen LogP contribution in [0.5, 0.6) is 5.75 Å². The first kappa shape index (κ1) is 29.2. The van der Waals surface area contributed by atoms with E-state index in [4.69, 9.17) is 16.3 Å². The van der Waals surface area contributed by atoms with Gasteiger partial charge in [0.05, 0.1) is 46.5 Å². The molecule has 40 heavy (non-hydrogen) atoms. The predicted octanol–water partition coefficient (Wildman–Crippen LogP) is 4.80. The number of hydrogen-bond acceptors (Lipinski definition) is 6. The second-order valence-corrected chi connectivity index (χ2v) is 13.9. The topological polar surface area (TPSA) is 108 Å². The number of aliphatic hydroxyl groups excluding tert-OH is 1. The molecule has 3 fully saturated rings. The molecule has 8 nitrogen and oxygen atoms in total. The van der Waals surface area contributed by atoms with Crippen molar-refractivity contribution < 1.29 is 24.2 Å². The van der Waals surface area contributed by atoms with Crippen LogP contribution < -0.4 is 15.4 Å². The molecule has 11 heteroatoms. The Morgan fingerprint density at radius 2 is 1.88 bits per heavy atom. The first-order chi connectivity index (χ1) is 19.1. The number of carbonyl (C=O) groups excluding carboxylic acids is 3. The van der Waals surface area contributed by atoms with E-state index >= 15 is 0 Å². The summed E-state index contributed by atoms with van der Waals surface area (Å²) in [4.78, 5) is 43.7. The number of likely N-dealkylation sites (tertiary alicyclic amines) is 1. The highest BCUT2D eigenvalue weighted by Gasteiger charge is 2.76. The molecule has 3 heterocycles.